The number of hydrogen-bond acceptors (Lipinski definition) is 3. The van der Waals surface area contributed by atoms with E-state index in [4.69, 9.17) is 0 Å². The molecule has 0 atom stereocenters. The predicted octanol–water partition coefficient (Wildman–Crippen LogP) is 1.75. The summed E-state index contributed by atoms with van der Waals surface area (Å²) in [6, 6.07) is 10.4. The molecule has 2 aromatic rings. The van der Waals surface area contributed by atoms with Crippen LogP contribution in [0.1, 0.15) is 28.7 Å². The van der Waals surface area contributed by atoms with Gasteiger partial charge in [0.15, 0.2) is 0 Å². The fourth-order valence-corrected chi connectivity index (χ4v) is 4.28. The van der Waals surface area contributed by atoms with Crippen molar-refractivity contribution >= 4 is 23.5 Å². The Morgan fingerprint density at radius 3 is 2.48 bits per heavy atom. The van der Waals surface area contributed by atoms with E-state index in [1.54, 1.807) is 18.7 Å². The van der Waals surface area contributed by atoms with Crippen molar-refractivity contribution in [3.05, 3.63) is 47.3 Å². The molecule has 0 spiro atoms. The van der Waals surface area contributed by atoms with Crippen molar-refractivity contribution in [2.75, 3.05) is 39.0 Å². The maximum Gasteiger partial charge on any atom is 0.219 e. The average Bonchev–Trinajstić information content (AvgIpc) is 2.96. The number of thioether (sulfide) groups is 1. The first kappa shape index (κ1) is 19.7. The van der Waals surface area contributed by atoms with E-state index in [1.807, 2.05) is 24.8 Å². The minimum atomic E-state index is 0.122. The topological polar surface area (TPSA) is 46.8 Å². The first-order valence-electron chi connectivity index (χ1n) is 9.36. The number of carbonyl (C=O) groups is 2. The first-order valence-corrected chi connectivity index (χ1v) is 10.6. The van der Waals surface area contributed by atoms with Crippen LogP contribution in [0.4, 0.5) is 0 Å². The number of aryl methyl sites for hydroxylation is 1. The van der Waals surface area contributed by atoms with Crippen LogP contribution in [0.25, 0.3) is 5.69 Å². The average molecular weight is 387 g/mol. The molecule has 3 rings (SSSR count). The van der Waals surface area contributed by atoms with E-state index in [1.165, 1.54) is 9.80 Å². The summed E-state index contributed by atoms with van der Waals surface area (Å²) in [5.41, 5.74) is 3.98. The fraction of sp³-hybridized carbons (Fsp3) is 0.429. The van der Waals surface area contributed by atoms with Crippen LogP contribution in [0.3, 0.4) is 0 Å². The van der Waals surface area contributed by atoms with Gasteiger partial charge in [0.1, 0.15) is 6.54 Å². The summed E-state index contributed by atoms with van der Waals surface area (Å²) < 4.78 is 2.16. The van der Waals surface area contributed by atoms with Gasteiger partial charge in [-0.15, -0.1) is 11.8 Å². The largest absolute Gasteiger partial charge is 0.332 e. The number of rotatable bonds is 5. The number of quaternary nitrogens is 1. The van der Waals surface area contributed by atoms with Crippen molar-refractivity contribution in [2.24, 2.45) is 0 Å². The molecule has 1 amide bonds. The molecule has 0 radical (unpaired) electrons. The van der Waals surface area contributed by atoms with Gasteiger partial charge in [-0.1, -0.05) is 6.07 Å². The van der Waals surface area contributed by atoms with Crippen molar-refractivity contribution in [1.29, 1.82) is 0 Å². The van der Waals surface area contributed by atoms with Crippen molar-refractivity contribution in [3.63, 3.8) is 0 Å². The Bertz CT molecular complexity index is 851. The molecule has 144 valence electrons. The van der Waals surface area contributed by atoms with E-state index in [0.29, 0.717) is 6.54 Å². The van der Waals surface area contributed by atoms with Crippen LogP contribution in [-0.2, 0) is 4.79 Å². The van der Waals surface area contributed by atoms with Crippen LogP contribution in [0.15, 0.2) is 35.2 Å². The maximum atomic E-state index is 13.0. The van der Waals surface area contributed by atoms with Crippen LogP contribution < -0.4 is 4.90 Å². The molecule has 27 heavy (non-hydrogen) atoms. The third kappa shape index (κ3) is 4.28. The highest BCUT2D eigenvalue weighted by Gasteiger charge is 2.25. The lowest BCUT2D eigenvalue weighted by atomic mass is 10.1. The molecule has 0 aliphatic carbocycles. The lowest BCUT2D eigenvalue weighted by Gasteiger charge is -2.31. The quantitative estimate of drug-likeness (QED) is 0.629. The number of carbonyl (C=O) groups excluding carboxylic acids is 2. The number of benzene rings is 1. The Labute approximate surface area is 165 Å². The van der Waals surface area contributed by atoms with Crippen LogP contribution in [0.2, 0.25) is 0 Å². The van der Waals surface area contributed by atoms with Crippen molar-refractivity contribution in [1.82, 2.24) is 9.47 Å². The van der Waals surface area contributed by atoms with Gasteiger partial charge < -0.3 is 14.4 Å². The van der Waals surface area contributed by atoms with Crippen molar-refractivity contribution < 1.29 is 14.5 Å². The Hall–Kier alpha value is -2.05. The molecule has 0 saturated carbocycles. The molecule has 2 heterocycles. The number of aromatic nitrogens is 1. The molecule has 1 aromatic carbocycles. The van der Waals surface area contributed by atoms with E-state index in [-0.39, 0.29) is 11.7 Å². The smallest absolute Gasteiger partial charge is 0.219 e. The zero-order chi connectivity index (χ0) is 19.6. The summed E-state index contributed by atoms with van der Waals surface area (Å²) in [5, 5.41) is 0. The molecule has 1 aromatic heterocycles. The molecule has 5 nitrogen and oxygen atoms in total. The molecular formula is C21H28N3O2S+. The van der Waals surface area contributed by atoms with E-state index in [9.17, 15) is 9.59 Å². The summed E-state index contributed by atoms with van der Waals surface area (Å²) in [7, 11) is 0. The maximum absolute atomic E-state index is 13.0. The predicted molar refractivity (Wildman–Crippen MR) is 109 cm³/mol. The molecule has 1 aliphatic rings. The van der Waals surface area contributed by atoms with Crippen LogP contribution in [0.5, 0.6) is 0 Å². The first-order chi connectivity index (χ1) is 12.9. The van der Waals surface area contributed by atoms with E-state index in [2.05, 4.69) is 35.1 Å². The zero-order valence-electron chi connectivity index (χ0n) is 16.5. The van der Waals surface area contributed by atoms with Gasteiger partial charge in [0.2, 0.25) is 11.7 Å². The number of Topliss-reactive ketones (excluding diaryl/α,β-unsaturated/α-hetero) is 1. The molecule has 0 bridgehead atoms. The minimum Gasteiger partial charge on any atom is -0.332 e. The summed E-state index contributed by atoms with van der Waals surface area (Å²) in [6.45, 7) is 9.30. The molecule has 1 fully saturated rings. The molecule has 1 aliphatic heterocycles. The van der Waals surface area contributed by atoms with Crippen LogP contribution in [-0.4, -0.2) is 60.1 Å². The summed E-state index contributed by atoms with van der Waals surface area (Å²) in [6.07, 6.45) is 2.07. The number of nitrogens with one attached hydrogen (secondary N) is 1. The molecule has 1 saturated heterocycles. The van der Waals surface area contributed by atoms with Gasteiger partial charge >= 0.3 is 0 Å². The van der Waals surface area contributed by atoms with Gasteiger partial charge in [-0.2, -0.15) is 0 Å². The van der Waals surface area contributed by atoms with Gasteiger partial charge in [-0.3, -0.25) is 9.59 Å². The minimum absolute atomic E-state index is 0.122. The van der Waals surface area contributed by atoms with E-state index >= 15 is 0 Å². The highest BCUT2D eigenvalue weighted by atomic mass is 32.2. The number of ketones is 1. The molecule has 0 unspecified atom stereocenters. The summed E-state index contributed by atoms with van der Waals surface area (Å²) >= 11 is 1.72. The Kier molecular flexibility index (Phi) is 6.07. The van der Waals surface area contributed by atoms with Gasteiger partial charge in [0.25, 0.3) is 0 Å². The Morgan fingerprint density at radius 1 is 1.15 bits per heavy atom. The summed E-state index contributed by atoms with van der Waals surface area (Å²) in [5.74, 6) is 0.304. The van der Waals surface area contributed by atoms with Crippen molar-refractivity contribution in [3.8, 4) is 5.69 Å². The van der Waals surface area contributed by atoms with Crippen LogP contribution in [0, 0.1) is 13.8 Å². The van der Waals surface area contributed by atoms with Gasteiger partial charge in [0.05, 0.1) is 26.2 Å². The third-order valence-electron chi connectivity index (χ3n) is 5.37. The number of nitrogens with zero attached hydrogens (tertiary/aromatic N) is 2. The molecular weight excluding hydrogens is 358 g/mol. The molecule has 6 heteroatoms. The van der Waals surface area contributed by atoms with E-state index < -0.39 is 0 Å². The lowest BCUT2D eigenvalue weighted by molar-refractivity contribution is -0.895. The van der Waals surface area contributed by atoms with Crippen molar-refractivity contribution in [2.45, 2.75) is 25.7 Å². The second-order valence-corrected chi connectivity index (χ2v) is 8.06. The van der Waals surface area contributed by atoms with Gasteiger partial charge in [-0.05, 0) is 44.4 Å². The number of amides is 1. The van der Waals surface area contributed by atoms with Gasteiger partial charge in [0, 0.05) is 34.5 Å². The monoisotopic (exact) mass is 386 g/mol. The fourth-order valence-electron chi connectivity index (χ4n) is 3.83. The standard InChI is InChI=1S/C21H27N3O2S/c1-15-12-20(16(2)24(15)18-6-5-7-19(13-18)27-4)21(26)14-22-8-10-23(11-9-22)17(3)25/h5-7,12-13H,8-11,14H2,1-4H3/p+1. The zero-order valence-corrected chi connectivity index (χ0v) is 17.4. The number of hydrogen-bond donors (Lipinski definition) is 1. The lowest BCUT2D eigenvalue weighted by Crippen LogP contribution is -3.15. The molecule has 1 N–H and O–H groups in total. The van der Waals surface area contributed by atoms with Crippen LogP contribution >= 0.6 is 11.8 Å². The van der Waals surface area contributed by atoms with E-state index in [0.717, 1.165) is 48.8 Å². The second kappa shape index (κ2) is 8.31. The summed E-state index contributed by atoms with van der Waals surface area (Å²) in [4.78, 5) is 28.7. The highest BCUT2D eigenvalue weighted by Crippen LogP contribution is 2.24. The third-order valence-corrected chi connectivity index (χ3v) is 6.09. The normalized spacial score (nSPS) is 15.2. The highest BCUT2D eigenvalue weighted by molar-refractivity contribution is 7.98. The van der Waals surface area contributed by atoms with Gasteiger partial charge in [-0.25, -0.2) is 0 Å². The second-order valence-electron chi connectivity index (χ2n) is 7.18. The SMILES string of the molecule is CSc1cccc(-n2c(C)cc(C(=O)C[NH+]3CCN(C(C)=O)CC3)c2C)c1. The Balaban J connectivity index is 1.76. The Morgan fingerprint density at radius 2 is 1.85 bits per heavy atom. The number of piperazine rings is 1.